The van der Waals surface area contributed by atoms with Crippen LogP contribution in [-0.4, -0.2) is 71.9 Å². The van der Waals surface area contributed by atoms with Crippen LogP contribution in [0.1, 0.15) is 38.3 Å². The number of nitrogens with one attached hydrogen (secondary N) is 2. The normalized spacial score (nSPS) is 29.5. The molecular weight excluding hydrogens is 528 g/mol. The van der Waals surface area contributed by atoms with Crippen LogP contribution in [0.5, 0.6) is 0 Å². The summed E-state index contributed by atoms with van der Waals surface area (Å²) in [4.78, 5) is 43.6. The molecular formula is C29H34N6O4S. The molecule has 210 valence electrons. The molecule has 3 aliphatic rings. The summed E-state index contributed by atoms with van der Waals surface area (Å²) < 4.78 is 0.834. The highest BCUT2D eigenvalue weighted by Gasteiger charge is 2.76. The van der Waals surface area contributed by atoms with E-state index in [1.165, 1.54) is 0 Å². The van der Waals surface area contributed by atoms with E-state index in [4.69, 9.17) is 0 Å². The van der Waals surface area contributed by atoms with Gasteiger partial charge in [0.15, 0.2) is 0 Å². The van der Waals surface area contributed by atoms with Crippen LogP contribution in [0.3, 0.4) is 0 Å². The Morgan fingerprint density at radius 3 is 2.62 bits per heavy atom. The molecule has 3 amide bonds. The van der Waals surface area contributed by atoms with E-state index in [9.17, 15) is 19.5 Å². The number of aromatic nitrogens is 3. The lowest BCUT2D eigenvalue weighted by Gasteiger charge is -2.40. The van der Waals surface area contributed by atoms with Crippen molar-refractivity contribution in [2.24, 2.45) is 17.8 Å². The van der Waals surface area contributed by atoms with E-state index < -0.39 is 28.7 Å². The van der Waals surface area contributed by atoms with E-state index in [2.05, 4.69) is 27.9 Å². The molecule has 3 aliphatic heterocycles. The minimum atomic E-state index is -0.869. The number of carbonyl (C=O) groups is 3. The molecule has 7 atom stereocenters. The smallest absolute Gasteiger partial charge is 0.245 e. The molecule has 2 bridgehead atoms. The number of para-hydroxylation sites is 1. The zero-order chi connectivity index (χ0) is 28.0. The van der Waals surface area contributed by atoms with Crippen molar-refractivity contribution in [3.8, 4) is 0 Å². The minimum absolute atomic E-state index is 0.0229. The number of amides is 3. The summed E-state index contributed by atoms with van der Waals surface area (Å²) in [7, 11) is 0. The lowest BCUT2D eigenvalue weighted by atomic mass is 9.66. The molecule has 6 rings (SSSR count). The van der Waals surface area contributed by atoms with Crippen molar-refractivity contribution >= 4 is 40.5 Å². The van der Waals surface area contributed by atoms with Gasteiger partial charge in [-0.1, -0.05) is 61.5 Å². The predicted molar refractivity (Wildman–Crippen MR) is 151 cm³/mol. The number of thioether (sulfide) groups is 1. The van der Waals surface area contributed by atoms with Crippen LogP contribution < -0.4 is 10.6 Å². The number of fused-ring (bicyclic) bond motifs is 2. The Balaban J connectivity index is 1.39. The lowest BCUT2D eigenvalue weighted by Crippen LogP contribution is -2.57. The number of benzene rings is 2. The molecule has 3 fully saturated rings. The van der Waals surface area contributed by atoms with Crippen molar-refractivity contribution in [2.75, 3.05) is 13.2 Å². The minimum Gasteiger partial charge on any atom is -0.394 e. The van der Waals surface area contributed by atoms with Gasteiger partial charge in [0, 0.05) is 11.8 Å². The summed E-state index contributed by atoms with van der Waals surface area (Å²) in [6.45, 7) is 4.35. The highest BCUT2D eigenvalue weighted by molar-refractivity contribution is 8.02. The van der Waals surface area contributed by atoms with Crippen molar-refractivity contribution in [2.45, 2.75) is 55.4 Å². The second-order valence-corrected chi connectivity index (χ2v) is 12.5. The van der Waals surface area contributed by atoms with Gasteiger partial charge >= 0.3 is 0 Å². The Kier molecular flexibility index (Phi) is 7.03. The predicted octanol–water partition coefficient (Wildman–Crippen LogP) is 2.10. The number of aliphatic hydroxyl groups excluding tert-OH is 1. The van der Waals surface area contributed by atoms with Crippen LogP contribution in [-0.2, 0) is 21.1 Å². The highest BCUT2D eigenvalue weighted by Crippen LogP contribution is 2.69. The molecule has 3 N–H and O–H groups in total. The highest BCUT2D eigenvalue weighted by atomic mass is 32.2. The van der Waals surface area contributed by atoms with E-state index >= 15 is 0 Å². The van der Waals surface area contributed by atoms with Gasteiger partial charge in [0.25, 0.3) is 0 Å². The third-order valence-electron chi connectivity index (χ3n) is 8.80. The summed E-state index contributed by atoms with van der Waals surface area (Å²) in [5, 5.41) is 25.0. The first-order chi connectivity index (χ1) is 19.4. The Bertz CT molecular complexity index is 1430. The fraction of sp³-hybridized carbons (Fsp3) is 0.483. The largest absolute Gasteiger partial charge is 0.394 e. The standard InChI is InChI=1S/C29H34N6O4S/c1-3-13-30-26(37)23-22-14-17(2)29(40-22)24(23)28(39)35(21(15-36)18-9-5-4-6-10-18)25(29)27(38)31-16-34-20-12-8-7-11-19(20)32-33-34/h4-12,17,21-25,36H,3,13-16H2,1-2H3,(H,30,37)(H,31,38)/t17?,21-,22-,23+,24+,25?,29?/m1/s1. The monoisotopic (exact) mass is 562 g/mol. The quantitative estimate of drug-likeness (QED) is 0.364. The molecule has 3 saturated heterocycles. The fourth-order valence-corrected chi connectivity index (χ4v) is 9.48. The second-order valence-electron chi connectivity index (χ2n) is 11.0. The number of nitrogens with zero attached hydrogens (tertiary/aromatic N) is 4. The van der Waals surface area contributed by atoms with Gasteiger partial charge in [0.2, 0.25) is 17.7 Å². The summed E-state index contributed by atoms with van der Waals surface area (Å²) in [6, 6.07) is 15.2. The molecule has 0 radical (unpaired) electrons. The van der Waals surface area contributed by atoms with E-state index in [1.54, 1.807) is 21.3 Å². The van der Waals surface area contributed by atoms with Crippen LogP contribution >= 0.6 is 11.8 Å². The van der Waals surface area contributed by atoms with Gasteiger partial charge in [-0.2, -0.15) is 0 Å². The maximum absolute atomic E-state index is 14.4. The third-order valence-corrected chi connectivity index (χ3v) is 10.9. The van der Waals surface area contributed by atoms with Crippen molar-refractivity contribution in [1.29, 1.82) is 0 Å². The Morgan fingerprint density at radius 2 is 1.88 bits per heavy atom. The first-order valence-electron chi connectivity index (χ1n) is 13.9. The van der Waals surface area contributed by atoms with Crippen molar-refractivity contribution in [3.63, 3.8) is 0 Å². The summed E-state index contributed by atoms with van der Waals surface area (Å²) >= 11 is 1.62. The Labute approximate surface area is 236 Å². The molecule has 0 saturated carbocycles. The van der Waals surface area contributed by atoms with Gasteiger partial charge in [-0.15, -0.1) is 16.9 Å². The van der Waals surface area contributed by atoms with Crippen LogP contribution in [0.25, 0.3) is 11.0 Å². The first kappa shape index (κ1) is 26.8. The van der Waals surface area contributed by atoms with Crippen LogP contribution in [0, 0.1) is 17.8 Å². The molecule has 3 aromatic rings. The van der Waals surface area contributed by atoms with Crippen LogP contribution in [0.2, 0.25) is 0 Å². The van der Waals surface area contributed by atoms with Gasteiger partial charge in [-0.3, -0.25) is 14.4 Å². The summed E-state index contributed by atoms with van der Waals surface area (Å²) in [5.74, 6) is -1.83. The average Bonchev–Trinajstić information content (AvgIpc) is 3.69. The van der Waals surface area contributed by atoms with Crippen LogP contribution in [0.4, 0.5) is 0 Å². The molecule has 11 heteroatoms. The molecule has 0 aliphatic carbocycles. The topological polar surface area (TPSA) is 129 Å². The van der Waals surface area contributed by atoms with Gasteiger partial charge in [-0.05, 0) is 36.5 Å². The first-order valence-corrected chi connectivity index (χ1v) is 14.8. The second kappa shape index (κ2) is 10.5. The third kappa shape index (κ3) is 4.01. The number of likely N-dealkylation sites (tertiary alicyclic amines) is 1. The lowest BCUT2D eigenvalue weighted by molar-refractivity contribution is -0.143. The Morgan fingerprint density at radius 1 is 1.12 bits per heavy atom. The number of aliphatic hydroxyl groups is 1. The number of rotatable bonds is 9. The number of hydrogen-bond donors (Lipinski definition) is 3. The van der Waals surface area contributed by atoms with Crippen LogP contribution in [0.15, 0.2) is 54.6 Å². The van der Waals surface area contributed by atoms with Gasteiger partial charge in [0.1, 0.15) is 18.2 Å². The fourth-order valence-electron chi connectivity index (χ4n) is 7.07. The van der Waals surface area contributed by atoms with E-state index in [0.717, 1.165) is 29.4 Å². The number of hydrogen-bond acceptors (Lipinski definition) is 7. The average molecular weight is 563 g/mol. The number of carbonyl (C=O) groups excluding carboxylic acids is 3. The maximum Gasteiger partial charge on any atom is 0.245 e. The molecule has 3 unspecified atom stereocenters. The zero-order valence-corrected chi connectivity index (χ0v) is 23.4. The SMILES string of the molecule is CCCNC(=O)[C@@H]1[C@H]2C(=O)N([C@H](CO)c3ccccc3)C(C(=O)NCn3nnc4ccccc43)C23S[C@@H]1CC3C. The molecule has 1 spiro atoms. The van der Waals surface area contributed by atoms with Crippen molar-refractivity contribution < 1.29 is 19.5 Å². The zero-order valence-electron chi connectivity index (χ0n) is 22.6. The van der Waals surface area contributed by atoms with Gasteiger partial charge < -0.3 is 20.6 Å². The summed E-state index contributed by atoms with van der Waals surface area (Å²) in [5.41, 5.74) is 2.25. The molecule has 4 heterocycles. The van der Waals surface area contributed by atoms with Gasteiger partial charge in [-0.25, -0.2) is 4.68 Å². The summed E-state index contributed by atoms with van der Waals surface area (Å²) in [6.07, 6.45) is 1.55. The molecule has 2 aromatic carbocycles. The van der Waals surface area contributed by atoms with Crippen molar-refractivity contribution in [3.05, 3.63) is 60.2 Å². The van der Waals surface area contributed by atoms with E-state index in [1.807, 2.05) is 61.5 Å². The molecule has 1 aromatic heterocycles. The van der Waals surface area contributed by atoms with E-state index in [-0.39, 0.29) is 42.2 Å². The van der Waals surface area contributed by atoms with Gasteiger partial charge in [0.05, 0.1) is 34.7 Å². The van der Waals surface area contributed by atoms with E-state index in [0.29, 0.717) is 6.54 Å². The maximum atomic E-state index is 14.4. The van der Waals surface area contributed by atoms with Crippen molar-refractivity contribution in [1.82, 2.24) is 30.5 Å². The Hall–Kier alpha value is -3.44. The molecule has 40 heavy (non-hydrogen) atoms. The molecule has 10 nitrogen and oxygen atoms in total.